The molecular weight excluding hydrogens is 387 g/mol. The lowest BCUT2D eigenvalue weighted by Crippen LogP contribution is -2.40. The topological polar surface area (TPSA) is 67.1 Å². The normalized spacial score (nSPS) is 18.8. The van der Waals surface area contributed by atoms with E-state index >= 15 is 0 Å². The Morgan fingerprint density at radius 3 is 2.80 bits per heavy atom. The molecule has 0 bridgehead atoms. The van der Waals surface area contributed by atoms with E-state index in [2.05, 4.69) is 25.8 Å². The molecule has 0 spiro atoms. The van der Waals surface area contributed by atoms with Crippen molar-refractivity contribution in [2.75, 3.05) is 19.3 Å². The molecule has 8 heteroatoms. The quantitative estimate of drug-likeness (QED) is 0.445. The van der Waals surface area contributed by atoms with Crippen LogP contribution in [0.1, 0.15) is 24.5 Å². The van der Waals surface area contributed by atoms with E-state index in [1.807, 2.05) is 30.3 Å². The van der Waals surface area contributed by atoms with Crippen LogP contribution in [-0.2, 0) is 13.6 Å². The van der Waals surface area contributed by atoms with Gasteiger partial charge in [0, 0.05) is 25.9 Å². The van der Waals surface area contributed by atoms with Crippen molar-refractivity contribution in [3.8, 4) is 0 Å². The zero-order valence-electron chi connectivity index (χ0n) is 12.2. The number of guanidine groups is 1. The van der Waals surface area contributed by atoms with Crippen LogP contribution in [0.15, 0.2) is 4.99 Å². The first-order chi connectivity index (χ1) is 9.20. The number of nitrogens with one attached hydrogen (secondary N) is 2. The average Bonchev–Trinajstić information content (AvgIpc) is 3.03. The van der Waals surface area contributed by atoms with Gasteiger partial charge in [0.2, 0.25) is 0 Å². The number of aryl methyl sites for hydroxylation is 1. The molecule has 0 aliphatic carbocycles. The molecule has 0 aromatic carbocycles. The van der Waals surface area contributed by atoms with Gasteiger partial charge in [0.05, 0.1) is 6.54 Å². The second-order valence-corrected chi connectivity index (χ2v) is 6.07. The fraction of sp³-hybridized carbons (Fsp3) is 0.750. The number of aliphatic imine (C=N–C) groups is 1. The molecule has 1 aromatic rings. The van der Waals surface area contributed by atoms with Gasteiger partial charge in [0.25, 0.3) is 0 Å². The third kappa shape index (κ3) is 4.80. The van der Waals surface area contributed by atoms with Crippen LogP contribution in [0.5, 0.6) is 0 Å². The van der Waals surface area contributed by atoms with Crippen molar-refractivity contribution >= 4 is 41.7 Å². The minimum absolute atomic E-state index is 0. The Hall–Kier alpha value is -0.510. The number of nitrogens with zero attached hydrogens (tertiary/aromatic N) is 4. The Kier molecular flexibility index (Phi) is 7.63. The summed E-state index contributed by atoms with van der Waals surface area (Å²) < 4.78 is 1.98. The highest BCUT2D eigenvalue weighted by Crippen LogP contribution is 2.25. The molecule has 0 saturated carbocycles. The number of hydrogen-bond acceptors (Lipinski definition) is 4. The smallest absolute Gasteiger partial charge is 0.191 e. The zero-order valence-corrected chi connectivity index (χ0v) is 15.4. The second-order valence-electron chi connectivity index (χ2n) is 4.66. The number of aromatic nitrogens is 3. The van der Waals surface area contributed by atoms with Gasteiger partial charge < -0.3 is 15.2 Å². The van der Waals surface area contributed by atoms with E-state index in [1.54, 1.807) is 7.05 Å². The molecule has 1 fully saturated rings. The molecular formula is C12H23IN6S. The van der Waals surface area contributed by atoms with Crippen molar-refractivity contribution in [3.05, 3.63) is 11.6 Å². The number of halogens is 1. The van der Waals surface area contributed by atoms with Crippen molar-refractivity contribution < 1.29 is 0 Å². The highest BCUT2D eigenvalue weighted by molar-refractivity contribution is 14.0. The first-order valence-corrected chi connectivity index (χ1v) is 7.66. The maximum Gasteiger partial charge on any atom is 0.191 e. The highest BCUT2D eigenvalue weighted by Gasteiger charge is 2.15. The maximum atomic E-state index is 4.23. The Balaban J connectivity index is 0.00000200. The lowest BCUT2D eigenvalue weighted by Gasteiger charge is -2.14. The Morgan fingerprint density at radius 2 is 2.25 bits per heavy atom. The molecule has 2 rings (SSSR count). The van der Waals surface area contributed by atoms with Crippen LogP contribution in [0.25, 0.3) is 0 Å². The minimum atomic E-state index is 0. The molecule has 0 amide bonds. The summed E-state index contributed by atoms with van der Waals surface area (Å²) in [5, 5.41) is 15.5. The van der Waals surface area contributed by atoms with Crippen LogP contribution >= 0.6 is 35.7 Å². The van der Waals surface area contributed by atoms with Crippen molar-refractivity contribution in [1.29, 1.82) is 0 Å². The second kappa shape index (κ2) is 8.71. The first-order valence-electron chi connectivity index (χ1n) is 6.61. The van der Waals surface area contributed by atoms with Crippen molar-refractivity contribution in [2.45, 2.75) is 31.6 Å². The van der Waals surface area contributed by atoms with Crippen LogP contribution in [-0.4, -0.2) is 45.3 Å². The first kappa shape index (κ1) is 17.5. The Bertz CT molecular complexity index is 441. The van der Waals surface area contributed by atoms with Gasteiger partial charge in [-0.05, 0) is 25.5 Å². The largest absolute Gasteiger partial charge is 0.355 e. The summed E-state index contributed by atoms with van der Waals surface area (Å²) in [5.74, 6) is 3.95. The molecule has 1 aliphatic rings. The van der Waals surface area contributed by atoms with E-state index < -0.39 is 0 Å². The molecule has 2 N–H and O–H groups in total. The summed E-state index contributed by atoms with van der Waals surface area (Å²) in [6.45, 7) is 3.55. The van der Waals surface area contributed by atoms with E-state index in [0.717, 1.165) is 29.4 Å². The van der Waals surface area contributed by atoms with Crippen LogP contribution in [0.4, 0.5) is 0 Å². The molecule has 2 heterocycles. The number of hydrogen-bond donors (Lipinski definition) is 2. The third-order valence-corrected chi connectivity index (χ3v) is 4.74. The van der Waals surface area contributed by atoms with Crippen LogP contribution in [0.3, 0.4) is 0 Å². The summed E-state index contributed by atoms with van der Waals surface area (Å²) in [6.07, 6.45) is 2.64. The van der Waals surface area contributed by atoms with Gasteiger partial charge in [-0.1, -0.05) is 0 Å². The number of rotatable bonds is 4. The van der Waals surface area contributed by atoms with Crippen molar-refractivity contribution in [2.24, 2.45) is 12.0 Å². The summed E-state index contributed by atoms with van der Waals surface area (Å²) in [4.78, 5) is 4.23. The van der Waals surface area contributed by atoms with E-state index in [4.69, 9.17) is 0 Å². The van der Waals surface area contributed by atoms with E-state index in [0.29, 0.717) is 6.54 Å². The predicted octanol–water partition coefficient (Wildman–Crippen LogP) is 1.30. The summed E-state index contributed by atoms with van der Waals surface area (Å²) >= 11 is 2.04. The SMILES string of the molecule is CN=C(NCc1nnc(C)n1C)NCC1CCCS1.I. The van der Waals surface area contributed by atoms with Gasteiger partial charge in [-0.25, -0.2) is 0 Å². The van der Waals surface area contributed by atoms with Gasteiger partial charge in [0.1, 0.15) is 5.82 Å². The molecule has 1 aromatic heterocycles. The van der Waals surface area contributed by atoms with Gasteiger partial charge >= 0.3 is 0 Å². The van der Waals surface area contributed by atoms with Crippen LogP contribution in [0, 0.1) is 6.92 Å². The summed E-state index contributed by atoms with van der Waals surface area (Å²) in [7, 11) is 3.76. The van der Waals surface area contributed by atoms with Gasteiger partial charge in [-0.3, -0.25) is 4.99 Å². The van der Waals surface area contributed by atoms with Crippen molar-refractivity contribution in [1.82, 2.24) is 25.4 Å². The van der Waals surface area contributed by atoms with Gasteiger partial charge in [0.15, 0.2) is 11.8 Å². The molecule has 0 radical (unpaired) electrons. The molecule has 20 heavy (non-hydrogen) atoms. The standard InChI is InChI=1S/C12H22N6S.HI/c1-9-16-17-11(18(9)3)8-15-12(13-2)14-7-10-5-4-6-19-10;/h10H,4-8H2,1-3H3,(H2,13,14,15);1H. The molecule has 1 saturated heterocycles. The average molecular weight is 410 g/mol. The number of thioether (sulfide) groups is 1. The summed E-state index contributed by atoms with van der Waals surface area (Å²) in [5.41, 5.74) is 0. The third-order valence-electron chi connectivity index (χ3n) is 3.34. The summed E-state index contributed by atoms with van der Waals surface area (Å²) in [6, 6.07) is 0. The van der Waals surface area contributed by atoms with Crippen LogP contribution < -0.4 is 10.6 Å². The fourth-order valence-corrected chi connectivity index (χ4v) is 3.21. The van der Waals surface area contributed by atoms with Gasteiger partial charge in [-0.15, -0.1) is 34.2 Å². The van der Waals surface area contributed by atoms with E-state index in [-0.39, 0.29) is 24.0 Å². The zero-order chi connectivity index (χ0) is 13.7. The fourth-order valence-electron chi connectivity index (χ4n) is 2.00. The lowest BCUT2D eigenvalue weighted by atomic mass is 10.2. The van der Waals surface area contributed by atoms with Crippen molar-refractivity contribution in [3.63, 3.8) is 0 Å². The highest BCUT2D eigenvalue weighted by atomic mass is 127. The molecule has 1 atom stereocenters. The maximum absolute atomic E-state index is 4.23. The molecule has 6 nitrogen and oxygen atoms in total. The Labute approximate surface area is 141 Å². The van der Waals surface area contributed by atoms with E-state index in [1.165, 1.54) is 18.6 Å². The predicted molar refractivity (Wildman–Crippen MR) is 94.8 cm³/mol. The Morgan fingerprint density at radius 1 is 1.45 bits per heavy atom. The minimum Gasteiger partial charge on any atom is -0.355 e. The van der Waals surface area contributed by atoms with Crippen LogP contribution in [0.2, 0.25) is 0 Å². The lowest BCUT2D eigenvalue weighted by molar-refractivity contribution is 0.699. The van der Waals surface area contributed by atoms with Gasteiger partial charge in [-0.2, -0.15) is 11.8 Å². The monoisotopic (exact) mass is 410 g/mol. The molecule has 1 unspecified atom stereocenters. The molecule has 1 aliphatic heterocycles. The molecule has 114 valence electrons. The van der Waals surface area contributed by atoms with E-state index in [9.17, 15) is 0 Å².